The molecule has 0 saturated heterocycles. The van der Waals surface area contributed by atoms with Crippen LogP contribution >= 0.6 is 0 Å². The Bertz CT molecular complexity index is 3760. The molecule has 0 N–H and O–H groups in total. The normalized spacial score (nSPS) is 14.3. The Kier molecular flexibility index (Phi) is 6.59. The fraction of sp³-hybridized carbons (Fsp3) is 0.0169. The number of furan rings is 1. The fourth-order valence-electron chi connectivity index (χ4n) is 9.47. The van der Waals surface area contributed by atoms with Gasteiger partial charge in [-0.1, -0.05) is 188 Å². The molecule has 12 rings (SSSR count). The number of nitrogens with zero attached hydrogens (tertiary/aromatic N) is 1. The number of hydrogen-bond donors (Lipinski definition) is 0. The van der Waals surface area contributed by atoms with Crippen molar-refractivity contribution in [1.82, 2.24) is 0 Å². The number of rotatable bonds is 7. The van der Waals surface area contributed by atoms with E-state index in [1.165, 1.54) is 4.90 Å². The third-order valence-electron chi connectivity index (χ3n) is 12.1. The van der Waals surface area contributed by atoms with Crippen molar-refractivity contribution >= 4 is 49.8 Å². The van der Waals surface area contributed by atoms with Crippen molar-refractivity contribution in [2.24, 2.45) is 0 Å². The van der Waals surface area contributed by atoms with E-state index in [9.17, 15) is 9.60 Å². The van der Waals surface area contributed by atoms with Crippen LogP contribution in [-0.4, -0.2) is 0 Å². The van der Waals surface area contributed by atoms with E-state index in [0.717, 1.165) is 66.1 Å². The lowest BCUT2D eigenvalue weighted by Crippen LogP contribution is -2.28. The molecule has 1 heterocycles. The van der Waals surface area contributed by atoms with Crippen LogP contribution in [0.3, 0.4) is 0 Å². The van der Waals surface area contributed by atoms with Gasteiger partial charge in [0.25, 0.3) is 0 Å². The molecular weight excluding hydrogens is 739 g/mol. The van der Waals surface area contributed by atoms with Crippen molar-refractivity contribution in [3.8, 4) is 33.4 Å². The van der Waals surface area contributed by atoms with Crippen molar-refractivity contribution in [2.75, 3.05) is 4.90 Å². The smallest absolute Gasteiger partial charge is 0.136 e. The van der Waals surface area contributed by atoms with Gasteiger partial charge in [0.05, 0.1) is 15.0 Å². The molecule has 1 aliphatic carbocycles. The average molecular weight is 785 g/mol. The molecule has 11 aromatic rings. The van der Waals surface area contributed by atoms with Gasteiger partial charge in [-0.2, -0.15) is 0 Å². The van der Waals surface area contributed by atoms with E-state index in [-0.39, 0.29) is 59.2 Å². The lowest BCUT2D eigenvalue weighted by atomic mass is 9.67. The molecule has 61 heavy (non-hydrogen) atoms. The molecule has 1 aliphatic rings. The molecular formula is C59H39NO. The Morgan fingerprint density at radius 2 is 0.967 bits per heavy atom. The Morgan fingerprint density at radius 3 is 1.75 bits per heavy atom. The van der Waals surface area contributed by atoms with Gasteiger partial charge in [0.2, 0.25) is 0 Å². The largest absolute Gasteiger partial charge is 0.456 e. The highest BCUT2D eigenvalue weighted by molar-refractivity contribution is 6.12. The summed E-state index contributed by atoms with van der Waals surface area (Å²) < 4.78 is 75.9. The third kappa shape index (κ3) is 5.50. The van der Waals surface area contributed by atoms with Crippen LogP contribution in [0.4, 0.5) is 17.1 Å². The van der Waals surface area contributed by atoms with E-state index in [4.69, 9.17) is 4.42 Å². The predicted molar refractivity (Wildman–Crippen MR) is 254 cm³/mol. The molecule has 2 nitrogen and oxygen atoms in total. The second kappa shape index (κ2) is 14.1. The van der Waals surface area contributed by atoms with Crippen LogP contribution in [0.2, 0.25) is 0 Å². The van der Waals surface area contributed by atoms with Crippen molar-refractivity contribution in [2.45, 2.75) is 5.41 Å². The van der Waals surface area contributed by atoms with E-state index in [2.05, 4.69) is 0 Å². The monoisotopic (exact) mass is 784 g/mol. The molecule has 0 bridgehead atoms. The lowest BCUT2D eigenvalue weighted by Gasteiger charge is -2.35. The van der Waals surface area contributed by atoms with E-state index < -0.39 is 5.41 Å². The first kappa shape index (κ1) is 28.5. The summed E-state index contributed by atoms with van der Waals surface area (Å²) in [5, 5.41) is 3.60. The summed E-state index contributed by atoms with van der Waals surface area (Å²) in [7, 11) is 0. The predicted octanol–water partition coefficient (Wildman–Crippen LogP) is 15.9. The zero-order chi connectivity index (χ0) is 46.4. The molecule has 0 amide bonds. The summed E-state index contributed by atoms with van der Waals surface area (Å²) in [6, 6.07) is 60.7. The summed E-state index contributed by atoms with van der Waals surface area (Å²) in [5.41, 5.74) is 7.41. The first-order chi connectivity index (χ1) is 33.2. The number of hydrogen-bond acceptors (Lipinski definition) is 2. The van der Waals surface area contributed by atoms with Crippen molar-refractivity contribution in [3.05, 3.63) is 259 Å². The first-order valence-corrected chi connectivity index (χ1v) is 20.4. The molecule has 10 aromatic carbocycles. The molecule has 0 fully saturated rings. The van der Waals surface area contributed by atoms with Gasteiger partial charge >= 0.3 is 0 Å². The molecule has 0 atom stereocenters. The van der Waals surface area contributed by atoms with Crippen LogP contribution in [0.25, 0.3) is 66.1 Å². The van der Waals surface area contributed by atoms with Gasteiger partial charge in [0.15, 0.2) is 0 Å². The molecule has 0 aliphatic heterocycles. The number of anilines is 3. The minimum absolute atomic E-state index is 0.0350. The van der Waals surface area contributed by atoms with E-state index in [1.807, 2.05) is 194 Å². The molecule has 0 spiro atoms. The maximum atomic E-state index is 10.6. The van der Waals surface area contributed by atoms with Gasteiger partial charge in [0, 0.05) is 27.8 Å². The van der Waals surface area contributed by atoms with E-state index >= 15 is 0 Å². The van der Waals surface area contributed by atoms with E-state index in [0.29, 0.717) is 22.4 Å². The second-order valence-electron chi connectivity index (χ2n) is 15.4. The quantitative estimate of drug-likeness (QED) is 0.160. The zero-order valence-corrected chi connectivity index (χ0v) is 32.8. The molecule has 2 heteroatoms. The molecule has 0 radical (unpaired) electrons. The van der Waals surface area contributed by atoms with Crippen LogP contribution < -0.4 is 4.90 Å². The Morgan fingerprint density at radius 1 is 0.377 bits per heavy atom. The zero-order valence-electron chi connectivity index (χ0n) is 39.8. The molecule has 0 unspecified atom stereocenters. The molecule has 286 valence electrons. The lowest BCUT2D eigenvalue weighted by molar-refractivity contribution is 0.669. The van der Waals surface area contributed by atoms with Gasteiger partial charge in [-0.3, -0.25) is 0 Å². The first-order valence-electron chi connectivity index (χ1n) is 23.9. The number of fused-ring (bicyclic) bond motifs is 7. The SMILES string of the molecule is [2H]c1c([2H])c(N(c2ccc(-c3cccc4oc5ccccc5c34)cc2)c2c([2H])c([2H])c3c(c2[2H])C(c2ccccc2)(c2ccccc2)c2ccccc2-3)c([2H])c([2H])c1-c1cccc2ccccc12. The van der Waals surface area contributed by atoms with Gasteiger partial charge < -0.3 is 9.32 Å². The standard InChI is InChI=1S/C59H39NO/c1-3-17-43(18-4-1)59(44-19-5-2-6-20-44)54-26-11-9-22-51(54)52-38-37-47(39-55(52)59)60(45-33-29-41(30-34-45)49-24-13-16-40-15-7-8-21-48(40)49)46-35-31-42(32-36-46)50-25-14-28-57-58(50)53-23-10-12-27-56(53)61-57/h1-39H/i29D,30D,33D,34D,37D,38D,39D. The van der Waals surface area contributed by atoms with Gasteiger partial charge in [-0.15, -0.1) is 0 Å². The maximum absolute atomic E-state index is 10.6. The van der Waals surface area contributed by atoms with Crippen molar-refractivity contribution in [1.29, 1.82) is 0 Å². The Hall–Kier alpha value is -7.94. The minimum atomic E-state index is -1.11. The third-order valence-corrected chi connectivity index (χ3v) is 12.1. The average Bonchev–Trinajstić information content (AvgIpc) is 3.93. The molecule has 1 aromatic heterocycles. The summed E-state index contributed by atoms with van der Waals surface area (Å²) >= 11 is 0. The Labute approximate surface area is 365 Å². The van der Waals surface area contributed by atoms with Crippen LogP contribution in [0, 0.1) is 0 Å². The number of benzene rings is 10. The summed E-state index contributed by atoms with van der Waals surface area (Å²) in [6.45, 7) is 0. The van der Waals surface area contributed by atoms with Crippen molar-refractivity contribution < 1.29 is 14.0 Å². The van der Waals surface area contributed by atoms with Gasteiger partial charge in [-0.05, 0) is 115 Å². The van der Waals surface area contributed by atoms with Gasteiger partial charge in [-0.25, -0.2) is 0 Å². The highest BCUT2D eigenvalue weighted by Crippen LogP contribution is 2.57. The maximum Gasteiger partial charge on any atom is 0.136 e. The second-order valence-corrected chi connectivity index (χ2v) is 15.4. The van der Waals surface area contributed by atoms with Crippen LogP contribution in [0.15, 0.2) is 241 Å². The van der Waals surface area contributed by atoms with Crippen LogP contribution in [0.5, 0.6) is 0 Å². The van der Waals surface area contributed by atoms with E-state index in [1.54, 1.807) is 0 Å². The van der Waals surface area contributed by atoms with Crippen LogP contribution in [-0.2, 0) is 5.41 Å². The number of para-hydroxylation sites is 1. The summed E-state index contributed by atoms with van der Waals surface area (Å²) in [4.78, 5) is 1.51. The molecule has 0 saturated carbocycles. The minimum Gasteiger partial charge on any atom is -0.456 e. The summed E-state index contributed by atoms with van der Waals surface area (Å²) in [6.07, 6.45) is 0. The summed E-state index contributed by atoms with van der Waals surface area (Å²) in [5.74, 6) is 0. The Balaban J connectivity index is 1.16. The van der Waals surface area contributed by atoms with Crippen molar-refractivity contribution in [3.63, 3.8) is 0 Å². The van der Waals surface area contributed by atoms with Crippen LogP contribution in [0.1, 0.15) is 31.8 Å². The highest BCUT2D eigenvalue weighted by Gasteiger charge is 2.46. The fourth-order valence-corrected chi connectivity index (χ4v) is 9.47. The highest BCUT2D eigenvalue weighted by atomic mass is 16.3. The topological polar surface area (TPSA) is 16.4 Å². The van der Waals surface area contributed by atoms with Gasteiger partial charge in [0.1, 0.15) is 11.2 Å².